The Hall–Kier alpha value is -2.85. The van der Waals surface area contributed by atoms with Crippen LogP contribution in [0.1, 0.15) is 11.4 Å². The summed E-state index contributed by atoms with van der Waals surface area (Å²) in [6.45, 7) is 3.78. The summed E-state index contributed by atoms with van der Waals surface area (Å²) in [6.07, 6.45) is 3.41. The maximum Gasteiger partial charge on any atom is 0.240 e. The van der Waals surface area contributed by atoms with Crippen molar-refractivity contribution in [3.05, 3.63) is 59.9 Å². The quantitative estimate of drug-likeness (QED) is 0.597. The lowest BCUT2D eigenvalue weighted by atomic mass is 10.2. The number of nitrogens with zero attached hydrogens (tertiary/aromatic N) is 4. The van der Waals surface area contributed by atoms with Gasteiger partial charge in [0.05, 0.1) is 4.90 Å². The summed E-state index contributed by atoms with van der Waals surface area (Å²) in [5, 5.41) is 7.17. The van der Waals surface area contributed by atoms with Crippen molar-refractivity contribution in [1.29, 1.82) is 0 Å². The van der Waals surface area contributed by atoms with Crippen LogP contribution in [0.2, 0.25) is 0 Å². The molecular weight excluding hydrogens is 371 g/mol. The second kappa shape index (κ2) is 7.80. The monoisotopic (exact) mass is 390 g/mol. The fourth-order valence-corrected chi connectivity index (χ4v) is 3.77. The minimum Gasteiger partial charge on any atom is -0.369 e. The van der Waals surface area contributed by atoms with Crippen molar-refractivity contribution in [2.24, 2.45) is 0 Å². The van der Waals surface area contributed by atoms with E-state index < -0.39 is 15.8 Å². The number of anilines is 1. The Bertz CT molecular complexity index is 1040. The van der Waals surface area contributed by atoms with Crippen LogP contribution < -0.4 is 10.0 Å². The standard InChI is InChI=1S/C17H19FN6O2S/c1-12-4-5-14(18)10-15(12)27(25,26)21-8-7-19-16-11-17(23-13(2)22-16)24-9-3-6-20-24/h3-6,9-11,21H,7-8H2,1-2H3,(H,19,22,23). The molecular formula is C17H19FN6O2S. The van der Waals surface area contributed by atoms with E-state index in [2.05, 4.69) is 25.1 Å². The maximum absolute atomic E-state index is 13.4. The first kappa shape index (κ1) is 18.9. The second-order valence-electron chi connectivity index (χ2n) is 5.84. The van der Waals surface area contributed by atoms with Crippen LogP contribution in [-0.2, 0) is 10.0 Å². The number of halogens is 1. The molecule has 0 spiro atoms. The van der Waals surface area contributed by atoms with E-state index in [0.29, 0.717) is 29.6 Å². The average Bonchev–Trinajstić information content (AvgIpc) is 3.15. The van der Waals surface area contributed by atoms with E-state index in [0.717, 1.165) is 6.07 Å². The van der Waals surface area contributed by atoms with E-state index in [-0.39, 0.29) is 11.4 Å². The van der Waals surface area contributed by atoms with Crippen molar-refractivity contribution < 1.29 is 12.8 Å². The van der Waals surface area contributed by atoms with Crippen LogP contribution in [0, 0.1) is 19.7 Å². The largest absolute Gasteiger partial charge is 0.369 e. The molecule has 0 unspecified atom stereocenters. The normalized spacial score (nSPS) is 11.5. The van der Waals surface area contributed by atoms with Gasteiger partial charge < -0.3 is 5.32 Å². The Morgan fingerprint density at radius 2 is 1.96 bits per heavy atom. The molecule has 142 valence electrons. The van der Waals surface area contributed by atoms with Gasteiger partial charge in [0.2, 0.25) is 10.0 Å². The van der Waals surface area contributed by atoms with Crippen LogP contribution in [0.4, 0.5) is 10.2 Å². The molecule has 8 nitrogen and oxygen atoms in total. The Labute approximate surface area is 156 Å². The molecule has 0 aliphatic rings. The first-order chi connectivity index (χ1) is 12.8. The van der Waals surface area contributed by atoms with Gasteiger partial charge in [-0.25, -0.2) is 32.2 Å². The molecule has 0 bridgehead atoms. The van der Waals surface area contributed by atoms with Gasteiger partial charge in [0.15, 0.2) is 5.82 Å². The summed E-state index contributed by atoms with van der Waals surface area (Å²) < 4.78 is 42.1. The highest BCUT2D eigenvalue weighted by Crippen LogP contribution is 2.16. The SMILES string of the molecule is Cc1nc(NCCNS(=O)(=O)c2cc(F)ccc2C)cc(-n2cccn2)n1. The number of sulfonamides is 1. The van der Waals surface area contributed by atoms with E-state index >= 15 is 0 Å². The molecule has 2 N–H and O–H groups in total. The minimum absolute atomic E-state index is 0.0682. The van der Waals surface area contributed by atoms with Crippen molar-refractivity contribution in [3.63, 3.8) is 0 Å². The van der Waals surface area contributed by atoms with Gasteiger partial charge in [0, 0.05) is 31.5 Å². The fourth-order valence-electron chi connectivity index (χ4n) is 2.48. The van der Waals surface area contributed by atoms with E-state index in [9.17, 15) is 12.8 Å². The van der Waals surface area contributed by atoms with Crippen LogP contribution in [0.25, 0.3) is 5.82 Å². The Morgan fingerprint density at radius 1 is 1.15 bits per heavy atom. The molecule has 1 aromatic carbocycles. The lowest BCUT2D eigenvalue weighted by molar-refractivity contribution is 0.578. The van der Waals surface area contributed by atoms with Crippen LogP contribution in [0.3, 0.4) is 0 Å². The van der Waals surface area contributed by atoms with Crippen LogP contribution >= 0.6 is 0 Å². The van der Waals surface area contributed by atoms with E-state index in [1.807, 2.05) is 0 Å². The van der Waals surface area contributed by atoms with Crippen molar-refractivity contribution in [2.75, 3.05) is 18.4 Å². The highest BCUT2D eigenvalue weighted by Gasteiger charge is 2.17. The number of nitrogens with one attached hydrogen (secondary N) is 2. The number of aryl methyl sites for hydroxylation is 2. The number of rotatable bonds is 7. The lowest BCUT2D eigenvalue weighted by Crippen LogP contribution is -2.29. The lowest BCUT2D eigenvalue weighted by Gasteiger charge is -2.11. The smallest absolute Gasteiger partial charge is 0.240 e. The molecule has 0 saturated heterocycles. The molecule has 0 aliphatic carbocycles. The summed E-state index contributed by atoms with van der Waals surface area (Å²) in [5.41, 5.74) is 0.479. The summed E-state index contributed by atoms with van der Waals surface area (Å²) in [6, 6.07) is 7.17. The molecule has 10 heteroatoms. The highest BCUT2D eigenvalue weighted by atomic mass is 32.2. The third kappa shape index (κ3) is 4.66. The third-order valence-electron chi connectivity index (χ3n) is 3.73. The zero-order chi connectivity index (χ0) is 19.4. The van der Waals surface area contributed by atoms with Gasteiger partial charge in [-0.1, -0.05) is 6.07 Å². The molecule has 3 rings (SSSR count). The molecule has 0 saturated carbocycles. The van der Waals surface area contributed by atoms with Gasteiger partial charge in [0.1, 0.15) is 17.5 Å². The summed E-state index contributed by atoms with van der Waals surface area (Å²) >= 11 is 0. The Morgan fingerprint density at radius 3 is 2.70 bits per heavy atom. The fraction of sp³-hybridized carbons (Fsp3) is 0.235. The molecule has 0 amide bonds. The van der Waals surface area contributed by atoms with E-state index in [1.165, 1.54) is 12.1 Å². The summed E-state index contributed by atoms with van der Waals surface area (Å²) in [5.74, 6) is 1.11. The van der Waals surface area contributed by atoms with Crippen LogP contribution in [-0.4, -0.2) is 41.3 Å². The molecule has 0 atom stereocenters. The predicted molar refractivity (Wildman–Crippen MR) is 98.7 cm³/mol. The first-order valence-electron chi connectivity index (χ1n) is 8.20. The second-order valence-corrected chi connectivity index (χ2v) is 7.58. The van der Waals surface area contributed by atoms with Gasteiger partial charge in [-0.15, -0.1) is 0 Å². The Balaban J connectivity index is 1.63. The molecule has 3 aromatic rings. The summed E-state index contributed by atoms with van der Waals surface area (Å²) in [7, 11) is -3.80. The first-order valence-corrected chi connectivity index (χ1v) is 9.69. The number of aromatic nitrogens is 4. The minimum atomic E-state index is -3.80. The van der Waals surface area contributed by atoms with Crippen molar-refractivity contribution >= 4 is 15.8 Å². The Kier molecular flexibility index (Phi) is 5.47. The summed E-state index contributed by atoms with van der Waals surface area (Å²) in [4.78, 5) is 8.51. The number of hydrogen-bond acceptors (Lipinski definition) is 6. The predicted octanol–water partition coefficient (Wildman–Crippen LogP) is 1.81. The molecule has 27 heavy (non-hydrogen) atoms. The van der Waals surface area contributed by atoms with Gasteiger partial charge in [-0.05, 0) is 37.6 Å². The average molecular weight is 390 g/mol. The zero-order valence-electron chi connectivity index (χ0n) is 14.8. The van der Waals surface area contributed by atoms with Crippen LogP contribution in [0.15, 0.2) is 47.6 Å². The maximum atomic E-state index is 13.4. The van der Waals surface area contributed by atoms with Gasteiger partial charge >= 0.3 is 0 Å². The van der Waals surface area contributed by atoms with Gasteiger partial charge in [0.25, 0.3) is 0 Å². The van der Waals surface area contributed by atoms with E-state index in [1.54, 1.807) is 43.1 Å². The highest BCUT2D eigenvalue weighted by molar-refractivity contribution is 7.89. The molecule has 2 heterocycles. The number of hydrogen-bond donors (Lipinski definition) is 2. The molecule has 2 aromatic heterocycles. The molecule has 0 aliphatic heterocycles. The van der Waals surface area contributed by atoms with E-state index in [4.69, 9.17) is 0 Å². The topological polar surface area (TPSA) is 102 Å². The van der Waals surface area contributed by atoms with Gasteiger partial charge in [-0.2, -0.15) is 5.10 Å². The van der Waals surface area contributed by atoms with Crippen LogP contribution in [0.5, 0.6) is 0 Å². The van der Waals surface area contributed by atoms with Gasteiger partial charge in [-0.3, -0.25) is 0 Å². The zero-order valence-corrected chi connectivity index (χ0v) is 15.7. The molecule has 0 radical (unpaired) electrons. The number of benzene rings is 1. The third-order valence-corrected chi connectivity index (χ3v) is 5.33. The van der Waals surface area contributed by atoms with Crippen molar-refractivity contribution in [2.45, 2.75) is 18.7 Å². The molecule has 0 fully saturated rings. The van der Waals surface area contributed by atoms with Crippen molar-refractivity contribution in [3.8, 4) is 5.82 Å². The van der Waals surface area contributed by atoms with Crippen molar-refractivity contribution in [1.82, 2.24) is 24.5 Å².